The number of nitrogens with zero attached hydrogens (tertiary/aromatic N) is 2. The van der Waals surface area contributed by atoms with Gasteiger partial charge in [-0.3, -0.25) is 4.90 Å². The van der Waals surface area contributed by atoms with Gasteiger partial charge < -0.3 is 39.6 Å². The molecular weight excluding hydrogens is 347 g/mol. The molecule has 1 N–H and O–H groups in total. The molecule has 0 bridgehead atoms. The van der Waals surface area contributed by atoms with Crippen molar-refractivity contribution in [3.05, 3.63) is 29.8 Å². The fourth-order valence-electron chi connectivity index (χ4n) is 2.87. The molecule has 1 aromatic carbocycles. The average Bonchev–Trinajstić information content (AvgIpc) is 2.55. The number of ether oxygens (including phenoxy) is 1. The number of aliphatic hydroxyl groups excluding tert-OH is 1. The minimum absolute atomic E-state index is 0. The van der Waals surface area contributed by atoms with Crippen molar-refractivity contribution in [2.24, 2.45) is 0 Å². The minimum atomic E-state index is -0.427. The normalized spacial score (nSPS) is 16.8. The van der Waals surface area contributed by atoms with Crippen LogP contribution in [0.5, 0.6) is 5.75 Å². The molecule has 0 spiro atoms. The summed E-state index contributed by atoms with van der Waals surface area (Å²) >= 11 is 0. The molecule has 1 aliphatic rings. The van der Waals surface area contributed by atoms with Crippen LogP contribution in [0, 0.1) is 0 Å². The third-order valence-electron chi connectivity index (χ3n) is 4.29. The van der Waals surface area contributed by atoms with Crippen LogP contribution in [0.25, 0.3) is 0 Å². The predicted molar refractivity (Wildman–Crippen MR) is 90.5 cm³/mol. The molecule has 24 heavy (non-hydrogen) atoms. The van der Waals surface area contributed by atoms with E-state index in [-0.39, 0.29) is 24.8 Å². The summed E-state index contributed by atoms with van der Waals surface area (Å²) in [7, 11) is 0. The maximum absolute atomic E-state index is 10.1. The maximum atomic E-state index is 10.1. The number of hydrogen-bond donors (Lipinski definition) is 1. The van der Waals surface area contributed by atoms with Gasteiger partial charge in [-0.15, -0.1) is 0 Å². The van der Waals surface area contributed by atoms with E-state index in [2.05, 4.69) is 35.8 Å². The average molecular weight is 377 g/mol. The molecule has 140 valence electrons. The highest BCUT2D eigenvalue weighted by molar-refractivity contribution is 5.27. The number of aliphatic hydroxyl groups is 1. The van der Waals surface area contributed by atoms with Gasteiger partial charge in [0.05, 0.1) is 0 Å². The highest BCUT2D eigenvalue weighted by atomic mass is 35.5. The molecule has 1 unspecified atom stereocenters. The van der Waals surface area contributed by atoms with Crippen molar-refractivity contribution in [3.8, 4) is 5.75 Å². The Morgan fingerprint density at radius 2 is 1.58 bits per heavy atom. The van der Waals surface area contributed by atoms with Gasteiger partial charge in [0.15, 0.2) is 0 Å². The van der Waals surface area contributed by atoms with Gasteiger partial charge in [-0.05, 0) is 30.7 Å². The lowest BCUT2D eigenvalue weighted by atomic mass is 10.1. The monoisotopic (exact) mass is 376 g/mol. The smallest absolute Gasteiger partial charge is 0.119 e. The van der Waals surface area contributed by atoms with Crippen LogP contribution in [0.3, 0.4) is 0 Å². The summed E-state index contributed by atoms with van der Waals surface area (Å²) in [5, 5.41) is 10.1. The van der Waals surface area contributed by atoms with Gasteiger partial charge in [0, 0.05) is 32.7 Å². The van der Waals surface area contributed by atoms with Gasteiger partial charge >= 0.3 is 0 Å². The van der Waals surface area contributed by atoms with E-state index in [1.54, 1.807) is 0 Å². The van der Waals surface area contributed by atoms with Gasteiger partial charge in [-0.1, -0.05) is 32.4 Å². The van der Waals surface area contributed by atoms with Crippen molar-refractivity contribution >= 4 is 0 Å². The molecule has 0 radical (unpaired) electrons. The minimum Gasteiger partial charge on any atom is -1.00 e. The largest absolute Gasteiger partial charge is 1.00 e. The van der Waals surface area contributed by atoms with E-state index in [0.717, 1.165) is 51.3 Å². The fraction of sp³-hybridized carbons (Fsp3) is 0.667. The summed E-state index contributed by atoms with van der Waals surface area (Å²) in [6.45, 7) is 10.8. The van der Waals surface area contributed by atoms with Crippen molar-refractivity contribution in [1.82, 2.24) is 9.80 Å². The lowest BCUT2D eigenvalue weighted by Gasteiger charge is -2.34. The van der Waals surface area contributed by atoms with Crippen molar-refractivity contribution in [2.45, 2.75) is 32.8 Å². The molecule has 1 heterocycles. The first-order valence-electron chi connectivity index (χ1n) is 8.55. The molecule has 4 nitrogen and oxygen atoms in total. The van der Waals surface area contributed by atoms with E-state index in [1.165, 1.54) is 5.56 Å². The molecule has 0 aliphatic carbocycles. The number of rotatable bonds is 8. The summed E-state index contributed by atoms with van der Waals surface area (Å²) in [5.74, 6) is 0.842. The van der Waals surface area contributed by atoms with Crippen molar-refractivity contribution < 1.29 is 34.7 Å². The molecule has 1 aliphatic heterocycles. The molecule has 0 amide bonds. The summed E-state index contributed by atoms with van der Waals surface area (Å²) in [6.07, 6.45) is 1.83. The topological polar surface area (TPSA) is 35.9 Å². The zero-order chi connectivity index (χ0) is 15.8. The van der Waals surface area contributed by atoms with E-state index in [4.69, 9.17) is 4.74 Å². The number of aryl methyl sites for hydroxylation is 1. The summed E-state index contributed by atoms with van der Waals surface area (Å²) < 4.78 is 5.70. The van der Waals surface area contributed by atoms with Gasteiger partial charge in [0.2, 0.25) is 0 Å². The Kier molecular flexibility index (Phi) is 12.5. The molecule has 6 heteroatoms. The molecule has 1 saturated heterocycles. The number of benzene rings is 1. The third kappa shape index (κ3) is 8.04. The summed E-state index contributed by atoms with van der Waals surface area (Å²) in [4.78, 5) is 4.77. The van der Waals surface area contributed by atoms with Crippen molar-refractivity contribution in [3.63, 3.8) is 0 Å². The second-order valence-electron chi connectivity index (χ2n) is 6.09. The first-order valence-corrected chi connectivity index (χ1v) is 8.55. The Bertz CT molecular complexity index is 424. The van der Waals surface area contributed by atoms with E-state index >= 15 is 0 Å². The molecule has 1 aromatic rings. The molecule has 1 fully saturated rings. The van der Waals surface area contributed by atoms with Gasteiger partial charge in [0.1, 0.15) is 18.5 Å². The molecule has 0 saturated carbocycles. The Balaban J connectivity index is 0.00000264. The van der Waals surface area contributed by atoms with Gasteiger partial charge in [-0.2, -0.15) is 0 Å². The third-order valence-corrected chi connectivity index (χ3v) is 4.29. The number of hydrogen-bond acceptors (Lipinski definition) is 4. The molecule has 1 atom stereocenters. The highest BCUT2D eigenvalue weighted by Gasteiger charge is 2.18. The van der Waals surface area contributed by atoms with Crippen LogP contribution in [0.2, 0.25) is 0 Å². The second kappa shape index (κ2) is 12.8. The predicted octanol–water partition coefficient (Wildman–Crippen LogP) is -3.98. The SMILES string of the molecule is CCCc1ccc(OCC(O)CN2CCN(CC)CC2)cc1.[Cl-].[Cl-]. The maximum Gasteiger partial charge on any atom is 0.119 e. The van der Waals surface area contributed by atoms with Crippen LogP contribution >= 0.6 is 0 Å². The lowest BCUT2D eigenvalue weighted by Crippen LogP contribution is -3.00. The lowest BCUT2D eigenvalue weighted by molar-refractivity contribution is -0.001000. The van der Waals surface area contributed by atoms with Crippen molar-refractivity contribution in [2.75, 3.05) is 45.9 Å². The zero-order valence-electron chi connectivity index (χ0n) is 14.8. The van der Waals surface area contributed by atoms with Gasteiger partial charge in [-0.25, -0.2) is 0 Å². The van der Waals surface area contributed by atoms with Crippen LogP contribution in [-0.4, -0.2) is 66.9 Å². The number of likely N-dealkylation sites (N-methyl/N-ethyl adjacent to an activating group) is 1. The quantitative estimate of drug-likeness (QED) is 0.502. The van der Waals surface area contributed by atoms with Gasteiger partial charge in [0.25, 0.3) is 0 Å². The zero-order valence-corrected chi connectivity index (χ0v) is 16.3. The molecule has 0 aromatic heterocycles. The van der Waals surface area contributed by atoms with E-state index < -0.39 is 6.10 Å². The van der Waals surface area contributed by atoms with Crippen LogP contribution in [0.1, 0.15) is 25.8 Å². The fourth-order valence-corrected chi connectivity index (χ4v) is 2.87. The highest BCUT2D eigenvalue weighted by Crippen LogP contribution is 2.14. The van der Waals surface area contributed by atoms with E-state index in [0.29, 0.717) is 13.2 Å². The number of piperazine rings is 1. The first-order chi connectivity index (χ1) is 10.7. The van der Waals surface area contributed by atoms with Crippen LogP contribution in [0.15, 0.2) is 24.3 Å². The van der Waals surface area contributed by atoms with E-state index in [1.807, 2.05) is 12.1 Å². The van der Waals surface area contributed by atoms with Crippen molar-refractivity contribution in [1.29, 1.82) is 0 Å². The standard InChI is InChI=1S/C18H30N2O2.2ClH/c1-3-5-16-6-8-18(9-7-16)22-15-17(21)14-20-12-10-19(4-2)11-13-20;;/h6-9,17,21H,3-5,10-15H2,1-2H3;2*1H/p-2. The Morgan fingerprint density at radius 1 is 1.00 bits per heavy atom. The second-order valence-corrected chi connectivity index (χ2v) is 6.09. The van der Waals surface area contributed by atoms with Crippen LogP contribution in [-0.2, 0) is 6.42 Å². The summed E-state index contributed by atoms with van der Waals surface area (Å²) in [6, 6.07) is 8.21. The number of β-amino-alcohol motifs (C(OH)–C–C–N with tert-alkyl or cyclic N) is 1. The first kappa shape index (κ1) is 23.5. The number of halogens is 2. The molecular formula is C18H30Cl2N2O2-2. The Labute approximate surface area is 159 Å². The van der Waals surface area contributed by atoms with Crippen LogP contribution < -0.4 is 29.6 Å². The van der Waals surface area contributed by atoms with E-state index in [9.17, 15) is 5.11 Å². The van der Waals surface area contributed by atoms with Crippen LogP contribution in [0.4, 0.5) is 0 Å². The Hall–Kier alpha value is -0.520. The summed E-state index contributed by atoms with van der Waals surface area (Å²) in [5.41, 5.74) is 1.34. The molecule has 2 rings (SSSR count). The Morgan fingerprint density at radius 3 is 2.12 bits per heavy atom.